The van der Waals surface area contributed by atoms with Crippen molar-refractivity contribution in [2.24, 2.45) is 0 Å². The summed E-state index contributed by atoms with van der Waals surface area (Å²) in [5.41, 5.74) is -0.395. The van der Waals surface area contributed by atoms with Crippen molar-refractivity contribution in [3.8, 4) is 0 Å². The van der Waals surface area contributed by atoms with E-state index in [1.807, 2.05) is 6.92 Å². The Morgan fingerprint density at radius 1 is 1.28 bits per heavy atom. The molecule has 2 aromatic heterocycles. The first kappa shape index (κ1) is 21.0. The van der Waals surface area contributed by atoms with Gasteiger partial charge >= 0.3 is 6.18 Å². The van der Waals surface area contributed by atoms with Gasteiger partial charge in [-0.25, -0.2) is 4.98 Å². The third kappa shape index (κ3) is 5.23. The quantitative estimate of drug-likeness (QED) is 0.714. The van der Waals surface area contributed by atoms with Gasteiger partial charge in [0.15, 0.2) is 0 Å². The molecular formula is C20H22F3N3O3. The molecule has 1 amide bonds. The summed E-state index contributed by atoms with van der Waals surface area (Å²) in [7, 11) is 0. The van der Waals surface area contributed by atoms with Crippen LogP contribution in [0.3, 0.4) is 0 Å². The molecule has 3 rings (SSSR count). The molecule has 1 saturated carbocycles. The van der Waals surface area contributed by atoms with E-state index in [-0.39, 0.29) is 23.4 Å². The highest BCUT2D eigenvalue weighted by atomic mass is 19.4. The number of hydrogen-bond acceptors (Lipinski definition) is 4. The van der Waals surface area contributed by atoms with E-state index >= 15 is 0 Å². The third-order valence-electron chi connectivity index (χ3n) is 4.88. The number of nitrogens with zero attached hydrogens (tertiary/aromatic N) is 2. The van der Waals surface area contributed by atoms with Gasteiger partial charge in [-0.2, -0.15) is 13.2 Å². The van der Waals surface area contributed by atoms with Gasteiger partial charge in [-0.15, -0.1) is 0 Å². The van der Waals surface area contributed by atoms with Crippen LogP contribution in [0.25, 0.3) is 0 Å². The summed E-state index contributed by atoms with van der Waals surface area (Å²) >= 11 is 0. The molecule has 0 atom stereocenters. The van der Waals surface area contributed by atoms with Crippen molar-refractivity contribution in [1.82, 2.24) is 14.9 Å². The summed E-state index contributed by atoms with van der Waals surface area (Å²) in [4.78, 5) is 28.0. The first-order chi connectivity index (χ1) is 13.8. The van der Waals surface area contributed by atoms with Gasteiger partial charge in [0.1, 0.15) is 5.69 Å². The number of aromatic nitrogens is 2. The minimum atomic E-state index is -4.47. The van der Waals surface area contributed by atoms with Crippen molar-refractivity contribution in [3.63, 3.8) is 0 Å². The van der Waals surface area contributed by atoms with Crippen molar-refractivity contribution in [2.75, 3.05) is 13.2 Å². The number of rotatable bonds is 7. The molecule has 1 N–H and O–H groups in total. The second kappa shape index (κ2) is 8.77. The zero-order chi connectivity index (χ0) is 21.0. The number of carbonyl (C=O) groups excluding carboxylic acids is 1. The predicted octanol–water partition coefficient (Wildman–Crippen LogP) is 2.97. The van der Waals surface area contributed by atoms with Gasteiger partial charge in [-0.3, -0.25) is 9.59 Å². The maximum atomic E-state index is 12.8. The average Bonchev–Trinajstić information content (AvgIpc) is 2.65. The minimum Gasteiger partial charge on any atom is -0.380 e. The van der Waals surface area contributed by atoms with Gasteiger partial charge in [-0.05, 0) is 38.0 Å². The Kier molecular flexibility index (Phi) is 6.36. The van der Waals surface area contributed by atoms with Gasteiger partial charge in [0.05, 0.1) is 12.2 Å². The fraction of sp³-hybridized carbons (Fsp3) is 0.450. The lowest BCUT2D eigenvalue weighted by molar-refractivity contribution is -0.141. The van der Waals surface area contributed by atoms with Crippen molar-refractivity contribution in [2.45, 2.75) is 44.4 Å². The Morgan fingerprint density at radius 2 is 2.03 bits per heavy atom. The lowest BCUT2D eigenvalue weighted by Gasteiger charge is -2.35. The molecule has 2 aromatic rings. The number of carbonyl (C=O) groups is 1. The van der Waals surface area contributed by atoms with Crippen LogP contribution in [-0.4, -0.2) is 34.7 Å². The van der Waals surface area contributed by atoms with Crippen LogP contribution in [0, 0.1) is 0 Å². The molecule has 0 spiro atoms. The largest absolute Gasteiger partial charge is 0.433 e. The molecule has 0 radical (unpaired) electrons. The molecule has 1 aliphatic rings. The molecule has 2 heterocycles. The highest BCUT2D eigenvalue weighted by molar-refractivity contribution is 5.94. The Hall–Kier alpha value is -2.68. The van der Waals surface area contributed by atoms with E-state index < -0.39 is 11.9 Å². The van der Waals surface area contributed by atoms with Crippen LogP contribution in [-0.2, 0) is 17.5 Å². The second-order valence-corrected chi connectivity index (χ2v) is 6.93. The van der Waals surface area contributed by atoms with Crippen LogP contribution in [0.15, 0.2) is 41.3 Å². The summed E-state index contributed by atoms with van der Waals surface area (Å²) in [5.74, 6) is -0.446. The standard InChI is InChI=1S/C20H22F3N3O3/c1-2-29-9-8-26-12-13(6-7-18(26)27)19(28)24-15-10-14(11-15)16-4-3-5-17(25-16)20(21,22)23/h3-7,12,14-15H,2,8-11H2,1H3,(H,24,28). The average molecular weight is 409 g/mol. The van der Waals surface area contributed by atoms with E-state index in [4.69, 9.17) is 4.74 Å². The predicted molar refractivity (Wildman–Crippen MR) is 99.7 cm³/mol. The van der Waals surface area contributed by atoms with E-state index in [1.54, 1.807) is 6.07 Å². The van der Waals surface area contributed by atoms with Gasteiger partial charge in [0, 0.05) is 43.1 Å². The molecule has 0 unspecified atom stereocenters. The van der Waals surface area contributed by atoms with Crippen LogP contribution in [0.1, 0.15) is 47.4 Å². The summed E-state index contributed by atoms with van der Waals surface area (Å²) in [6.07, 6.45) is -1.95. The number of alkyl halides is 3. The van der Waals surface area contributed by atoms with Crippen LogP contribution >= 0.6 is 0 Å². The molecule has 29 heavy (non-hydrogen) atoms. The van der Waals surface area contributed by atoms with Gasteiger partial charge in [-0.1, -0.05) is 6.07 Å². The molecule has 9 heteroatoms. The molecule has 1 fully saturated rings. The van der Waals surface area contributed by atoms with Crippen LogP contribution < -0.4 is 10.9 Å². The summed E-state index contributed by atoms with van der Waals surface area (Å²) in [5, 5.41) is 2.86. The number of halogens is 3. The third-order valence-corrected chi connectivity index (χ3v) is 4.88. The van der Waals surface area contributed by atoms with Gasteiger partial charge < -0.3 is 14.6 Å². The second-order valence-electron chi connectivity index (χ2n) is 6.93. The lowest BCUT2D eigenvalue weighted by Crippen LogP contribution is -2.43. The fourth-order valence-corrected chi connectivity index (χ4v) is 3.23. The molecule has 0 aromatic carbocycles. The van der Waals surface area contributed by atoms with Crippen LogP contribution in [0.5, 0.6) is 0 Å². The Labute approximate surface area is 165 Å². The highest BCUT2D eigenvalue weighted by Gasteiger charge is 2.36. The molecule has 6 nitrogen and oxygen atoms in total. The minimum absolute atomic E-state index is 0.122. The zero-order valence-corrected chi connectivity index (χ0v) is 15.9. The molecule has 0 saturated heterocycles. The summed E-state index contributed by atoms with van der Waals surface area (Å²) < 4.78 is 45.0. The molecule has 0 bridgehead atoms. The Morgan fingerprint density at radius 3 is 2.72 bits per heavy atom. The molecule has 0 aliphatic heterocycles. The Balaban J connectivity index is 1.57. The van der Waals surface area contributed by atoms with E-state index in [1.165, 1.54) is 29.0 Å². The number of nitrogens with one attached hydrogen (secondary N) is 1. The lowest BCUT2D eigenvalue weighted by atomic mass is 9.78. The van der Waals surface area contributed by atoms with Crippen molar-refractivity contribution in [1.29, 1.82) is 0 Å². The Bertz CT molecular complexity index is 921. The molecule has 156 valence electrons. The monoisotopic (exact) mass is 409 g/mol. The molecule has 1 aliphatic carbocycles. The van der Waals surface area contributed by atoms with Crippen LogP contribution in [0.4, 0.5) is 13.2 Å². The van der Waals surface area contributed by atoms with E-state index in [2.05, 4.69) is 10.3 Å². The van der Waals surface area contributed by atoms with Crippen molar-refractivity contribution < 1.29 is 22.7 Å². The van der Waals surface area contributed by atoms with E-state index in [0.717, 1.165) is 6.07 Å². The summed E-state index contributed by atoms with van der Waals surface area (Å²) in [6.45, 7) is 3.11. The van der Waals surface area contributed by atoms with Crippen molar-refractivity contribution in [3.05, 3.63) is 63.8 Å². The number of hydrogen-bond donors (Lipinski definition) is 1. The SMILES string of the molecule is CCOCCn1cc(C(=O)NC2CC(c3cccc(C(F)(F)F)n3)C2)ccc1=O. The zero-order valence-electron chi connectivity index (χ0n) is 15.9. The van der Waals surface area contributed by atoms with Gasteiger partial charge in [0.2, 0.25) is 0 Å². The van der Waals surface area contributed by atoms with Gasteiger partial charge in [0.25, 0.3) is 11.5 Å². The normalized spacial score (nSPS) is 18.9. The maximum absolute atomic E-state index is 12.8. The maximum Gasteiger partial charge on any atom is 0.433 e. The smallest absolute Gasteiger partial charge is 0.380 e. The molecular weight excluding hydrogens is 387 g/mol. The van der Waals surface area contributed by atoms with Crippen LogP contribution in [0.2, 0.25) is 0 Å². The van der Waals surface area contributed by atoms with Crippen molar-refractivity contribution >= 4 is 5.91 Å². The topological polar surface area (TPSA) is 73.2 Å². The van der Waals surface area contributed by atoms with E-state index in [0.29, 0.717) is 43.9 Å². The number of pyridine rings is 2. The first-order valence-corrected chi connectivity index (χ1v) is 9.41. The first-order valence-electron chi connectivity index (χ1n) is 9.41. The fourth-order valence-electron chi connectivity index (χ4n) is 3.23. The van der Waals surface area contributed by atoms with E-state index in [9.17, 15) is 22.8 Å². The number of ether oxygens (including phenoxy) is 1. The number of amides is 1. The summed E-state index contributed by atoms with van der Waals surface area (Å²) in [6, 6.07) is 6.51. The highest BCUT2D eigenvalue weighted by Crippen LogP contribution is 2.37.